The van der Waals surface area contributed by atoms with E-state index >= 15 is 0 Å². The van der Waals surface area contributed by atoms with Crippen LogP contribution < -0.4 is 10.2 Å². The Balaban J connectivity index is 1.67. The molecule has 134 valence electrons. The normalized spacial score (nSPS) is 16.1. The summed E-state index contributed by atoms with van der Waals surface area (Å²) >= 11 is 1.59. The first kappa shape index (κ1) is 17.0. The van der Waals surface area contributed by atoms with E-state index < -0.39 is 0 Å². The highest BCUT2D eigenvalue weighted by molar-refractivity contribution is 7.99. The highest BCUT2D eigenvalue weighted by Gasteiger charge is 2.26. The zero-order valence-corrected chi connectivity index (χ0v) is 15.5. The smallest absolute Gasteiger partial charge is 0.321 e. The van der Waals surface area contributed by atoms with E-state index in [2.05, 4.69) is 5.32 Å². The van der Waals surface area contributed by atoms with Gasteiger partial charge in [-0.3, -0.25) is 4.79 Å². The van der Waals surface area contributed by atoms with E-state index in [-0.39, 0.29) is 11.9 Å². The summed E-state index contributed by atoms with van der Waals surface area (Å²) in [5, 5.41) is 2.97. The lowest BCUT2D eigenvalue weighted by Gasteiger charge is -2.22. The molecule has 0 unspecified atom stereocenters. The first-order chi connectivity index (χ1) is 12.7. The van der Waals surface area contributed by atoms with Crippen LogP contribution in [0.4, 0.5) is 16.2 Å². The fourth-order valence-electron chi connectivity index (χ4n) is 3.43. The van der Waals surface area contributed by atoms with Gasteiger partial charge in [-0.05, 0) is 50.1 Å². The second-order valence-electron chi connectivity index (χ2n) is 6.45. The number of urea groups is 1. The Morgan fingerprint density at radius 1 is 1.12 bits per heavy atom. The molecule has 1 N–H and O–H groups in total. The lowest BCUT2D eigenvalue weighted by atomic mass is 10.1. The molecule has 5 nitrogen and oxygen atoms in total. The fraction of sp³-hybridized carbons (Fsp3) is 0.300. The van der Waals surface area contributed by atoms with Gasteiger partial charge in [0.05, 0.1) is 11.3 Å². The molecule has 1 fully saturated rings. The zero-order chi connectivity index (χ0) is 18.1. The second kappa shape index (κ2) is 7.03. The van der Waals surface area contributed by atoms with Crippen LogP contribution in [0.25, 0.3) is 0 Å². The quantitative estimate of drug-likeness (QED) is 0.853. The summed E-state index contributed by atoms with van der Waals surface area (Å²) in [6.45, 7) is 4.16. The number of carbonyl (C=O) groups is 2. The Labute approximate surface area is 157 Å². The minimum atomic E-state index is -0.0682. The van der Waals surface area contributed by atoms with Gasteiger partial charge in [0.15, 0.2) is 0 Å². The number of benzene rings is 2. The van der Waals surface area contributed by atoms with Gasteiger partial charge in [0.1, 0.15) is 0 Å². The fourth-order valence-corrected chi connectivity index (χ4v) is 4.49. The number of hydrogen-bond acceptors (Lipinski definition) is 3. The highest BCUT2D eigenvalue weighted by Crippen LogP contribution is 2.42. The van der Waals surface area contributed by atoms with Gasteiger partial charge in [0.2, 0.25) is 0 Å². The Morgan fingerprint density at radius 2 is 1.88 bits per heavy atom. The van der Waals surface area contributed by atoms with Crippen molar-refractivity contribution in [3.8, 4) is 0 Å². The SMILES string of the molecule is CCN1C(=O)c2ccccc2Sc2ccc(NC(=O)N3CCCC3)cc21. The molecule has 6 heteroatoms. The molecule has 0 atom stereocenters. The van der Waals surface area contributed by atoms with Crippen LogP contribution in [0.2, 0.25) is 0 Å². The molecule has 4 rings (SSSR count). The van der Waals surface area contributed by atoms with Gasteiger partial charge >= 0.3 is 6.03 Å². The number of anilines is 2. The summed E-state index contributed by atoms with van der Waals surface area (Å²) in [5.74, 6) is -0.00244. The van der Waals surface area contributed by atoms with Gasteiger partial charge in [0, 0.05) is 35.1 Å². The number of hydrogen-bond donors (Lipinski definition) is 1. The molecule has 2 aromatic rings. The average Bonchev–Trinajstić information content (AvgIpc) is 3.16. The van der Waals surface area contributed by atoms with Crippen LogP contribution in [0.15, 0.2) is 52.3 Å². The van der Waals surface area contributed by atoms with Crippen LogP contribution in [0.3, 0.4) is 0 Å². The van der Waals surface area contributed by atoms with E-state index in [0.717, 1.165) is 52.7 Å². The Morgan fingerprint density at radius 3 is 2.65 bits per heavy atom. The third-order valence-corrected chi connectivity index (χ3v) is 5.93. The lowest BCUT2D eigenvalue weighted by molar-refractivity contribution is 0.0985. The van der Waals surface area contributed by atoms with Crippen LogP contribution in [0.5, 0.6) is 0 Å². The minimum absolute atomic E-state index is 0.00244. The van der Waals surface area contributed by atoms with E-state index in [4.69, 9.17) is 0 Å². The molecular weight excluding hydrogens is 346 g/mol. The number of nitrogens with zero attached hydrogens (tertiary/aromatic N) is 2. The van der Waals surface area contributed by atoms with Crippen LogP contribution in [-0.2, 0) is 0 Å². The number of amides is 3. The van der Waals surface area contributed by atoms with Gasteiger partial charge in [-0.15, -0.1) is 0 Å². The molecule has 3 amide bonds. The Hall–Kier alpha value is -2.47. The number of carbonyl (C=O) groups excluding carboxylic acids is 2. The topological polar surface area (TPSA) is 52.7 Å². The summed E-state index contributed by atoms with van der Waals surface area (Å²) in [7, 11) is 0. The Bertz CT molecular complexity index is 862. The van der Waals surface area contributed by atoms with E-state index in [1.54, 1.807) is 16.7 Å². The molecule has 1 saturated heterocycles. The van der Waals surface area contributed by atoms with E-state index in [1.165, 1.54) is 0 Å². The third kappa shape index (κ3) is 3.05. The maximum atomic E-state index is 13.0. The van der Waals surface area contributed by atoms with Crippen molar-refractivity contribution in [1.29, 1.82) is 0 Å². The molecule has 0 bridgehead atoms. The van der Waals surface area contributed by atoms with Crippen molar-refractivity contribution in [2.75, 3.05) is 29.9 Å². The lowest BCUT2D eigenvalue weighted by Crippen LogP contribution is -2.32. The summed E-state index contributed by atoms with van der Waals surface area (Å²) in [6.07, 6.45) is 2.12. The standard InChI is InChI=1S/C20H21N3O2S/c1-2-23-16-13-14(21-20(25)22-11-5-6-12-22)9-10-18(16)26-17-8-4-3-7-15(17)19(23)24/h3-4,7-10,13H,2,5-6,11-12H2,1H3,(H,21,25). The summed E-state index contributed by atoms with van der Waals surface area (Å²) in [5.41, 5.74) is 2.29. The molecule has 2 heterocycles. The highest BCUT2D eigenvalue weighted by atomic mass is 32.2. The van der Waals surface area contributed by atoms with Crippen molar-refractivity contribution < 1.29 is 9.59 Å². The Kier molecular flexibility index (Phi) is 4.59. The largest absolute Gasteiger partial charge is 0.325 e. The van der Waals surface area contributed by atoms with Gasteiger partial charge in [-0.2, -0.15) is 0 Å². The van der Waals surface area contributed by atoms with Crippen molar-refractivity contribution in [1.82, 2.24) is 4.90 Å². The van der Waals surface area contributed by atoms with Crippen molar-refractivity contribution in [2.45, 2.75) is 29.6 Å². The molecule has 0 aliphatic carbocycles. The number of likely N-dealkylation sites (tertiary alicyclic amines) is 1. The van der Waals surface area contributed by atoms with Gasteiger partial charge < -0.3 is 15.1 Å². The number of fused-ring (bicyclic) bond motifs is 2. The number of rotatable bonds is 2. The van der Waals surface area contributed by atoms with Gasteiger partial charge in [-0.1, -0.05) is 23.9 Å². The van der Waals surface area contributed by atoms with Gasteiger partial charge in [-0.25, -0.2) is 4.79 Å². The average molecular weight is 367 g/mol. The molecule has 0 spiro atoms. The molecule has 2 aliphatic rings. The summed E-state index contributed by atoms with van der Waals surface area (Å²) in [4.78, 5) is 31.0. The second-order valence-corrected chi connectivity index (χ2v) is 7.54. The third-order valence-electron chi connectivity index (χ3n) is 4.79. The molecule has 2 aliphatic heterocycles. The van der Waals surface area contributed by atoms with Gasteiger partial charge in [0.25, 0.3) is 5.91 Å². The summed E-state index contributed by atoms with van der Waals surface area (Å²) in [6, 6.07) is 13.4. The maximum Gasteiger partial charge on any atom is 0.321 e. The number of nitrogens with one attached hydrogen (secondary N) is 1. The molecule has 0 aromatic heterocycles. The van der Waals surface area contributed by atoms with Crippen LogP contribution in [0.1, 0.15) is 30.1 Å². The monoisotopic (exact) mass is 367 g/mol. The molecule has 26 heavy (non-hydrogen) atoms. The molecular formula is C20H21N3O2S. The first-order valence-electron chi connectivity index (χ1n) is 8.96. The molecule has 0 radical (unpaired) electrons. The van der Waals surface area contributed by atoms with Crippen molar-refractivity contribution in [3.05, 3.63) is 48.0 Å². The zero-order valence-electron chi connectivity index (χ0n) is 14.7. The first-order valence-corrected chi connectivity index (χ1v) is 9.77. The van der Waals surface area contributed by atoms with Crippen molar-refractivity contribution in [2.24, 2.45) is 0 Å². The predicted molar refractivity (Wildman–Crippen MR) is 104 cm³/mol. The molecule has 2 aromatic carbocycles. The van der Waals surface area contributed by atoms with E-state index in [1.807, 2.05) is 54.3 Å². The summed E-state index contributed by atoms with van der Waals surface area (Å²) < 4.78 is 0. The van der Waals surface area contributed by atoms with Crippen molar-refractivity contribution in [3.63, 3.8) is 0 Å². The van der Waals surface area contributed by atoms with Crippen LogP contribution in [0, 0.1) is 0 Å². The predicted octanol–water partition coefficient (Wildman–Crippen LogP) is 4.45. The van der Waals surface area contributed by atoms with E-state index in [0.29, 0.717) is 6.54 Å². The van der Waals surface area contributed by atoms with Crippen molar-refractivity contribution >= 4 is 35.1 Å². The maximum absolute atomic E-state index is 13.0. The molecule has 0 saturated carbocycles. The van der Waals surface area contributed by atoms with Crippen LogP contribution >= 0.6 is 11.8 Å². The van der Waals surface area contributed by atoms with E-state index in [9.17, 15) is 9.59 Å². The minimum Gasteiger partial charge on any atom is -0.325 e. The van der Waals surface area contributed by atoms with Crippen LogP contribution in [-0.4, -0.2) is 36.5 Å².